The number of carbonyl (C=O) groups is 2. The van der Waals surface area contributed by atoms with E-state index in [4.69, 9.17) is 10.5 Å². The molecular formula is C15H24N2O3. The van der Waals surface area contributed by atoms with Crippen LogP contribution in [0, 0.1) is 17.3 Å². The van der Waals surface area contributed by atoms with Crippen molar-refractivity contribution in [1.29, 1.82) is 0 Å². The smallest absolute Gasteiger partial charge is 0.248 e. The van der Waals surface area contributed by atoms with E-state index in [1.54, 1.807) is 4.90 Å². The Balaban J connectivity index is 2.05. The highest BCUT2D eigenvalue weighted by Gasteiger charge is 2.61. The Morgan fingerprint density at radius 2 is 2.00 bits per heavy atom. The fraction of sp³-hybridized carbons (Fsp3) is 0.733. The van der Waals surface area contributed by atoms with Crippen LogP contribution in [0.5, 0.6) is 0 Å². The molecule has 2 fully saturated rings. The third-order valence-corrected chi connectivity index (χ3v) is 4.39. The highest BCUT2D eigenvalue weighted by molar-refractivity contribution is 5.85. The molecule has 1 aliphatic heterocycles. The normalized spacial score (nSPS) is 31.6. The Morgan fingerprint density at radius 3 is 2.55 bits per heavy atom. The van der Waals surface area contributed by atoms with Crippen LogP contribution < -0.4 is 5.73 Å². The molecule has 0 aromatic rings. The molecule has 1 heterocycles. The van der Waals surface area contributed by atoms with E-state index >= 15 is 0 Å². The number of allylic oxidation sites excluding steroid dienone is 2. The van der Waals surface area contributed by atoms with E-state index in [0.29, 0.717) is 13.2 Å². The first-order valence-corrected chi connectivity index (χ1v) is 7.10. The number of ether oxygens (including phenoxy) is 1. The van der Waals surface area contributed by atoms with Gasteiger partial charge in [-0.2, -0.15) is 0 Å². The largest absolute Gasteiger partial charge is 0.367 e. The van der Waals surface area contributed by atoms with Crippen molar-refractivity contribution in [3.63, 3.8) is 0 Å². The van der Waals surface area contributed by atoms with E-state index in [1.807, 2.05) is 13.8 Å². The molecule has 1 saturated heterocycles. The monoisotopic (exact) mass is 280 g/mol. The highest BCUT2D eigenvalue weighted by atomic mass is 16.5. The van der Waals surface area contributed by atoms with Crippen LogP contribution >= 0.6 is 0 Å². The van der Waals surface area contributed by atoms with Crippen LogP contribution in [0.15, 0.2) is 11.6 Å². The molecule has 0 radical (unpaired) electrons. The van der Waals surface area contributed by atoms with Gasteiger partial charge in [-0.1, -0.05) is 25.5 Å². The third kappa shape index (κ3) is 2.73. The Hall–Kier alpha value is -1.36. The average Bonchev–Trinajstić information content (AvgIpc) is 2.89. The fourth-order valence-electron chi connectivity index (χ4n) is 3.04. The van der Waals surface area contributed by atoms with E-state index in [0.717, 1.165) is 0 Å². The van der Waals surface area contributed by atoms with Crippen molar-refractivity contribution in [3.8, 4) is 0 Å². The van der Waals surface area contributed by atoms with Gasteiger partial charge in [0.2, 0.25) is 11.8 Å². The summed E-state index contributed by atoms with van der Waals surface area (Å²) in [6.45, 7) is 9.53. The standard InChI is InChI=1S/C15H24N2O3/c1-9(2)7-10-12(15(10,3)4)14(19)17-5-6-20-11(8-17)13(16)18/h7,10-12H,5-6,8H2,1-4H3,(H2,16,18)/t10-,11+,12-/m1/s1. The first kappa shape index (κ1) is 15.0. The molecular weight excluding hydrogens is 256 g/mol. The zero-order valence-corrected chi connectivity index (χ0v) is 12.7. The van der Waals surface area contributed by atoms with Gasteiger partial charge in [-0.05, 0) is 25.2 Å². The minimum atomic E-state index is -0.670. The summed E-state index contributed by atoms with van der Waals surface area (Å²) in [5.41, 5.74) is 6.48. The molecule has 112 valence electrons. The lowest BCUT2D eigenvalue weighted by Crippen LogP contribution is -2.51. The summed E-state index contributed by atoms with van der Waals surface area (Å²) in [7, 11) is 0. The Morgan fingerprint density at radius 1 is 1.35 bits per heavy atom. The van der Waals surface area contributed by atoms with Crippen LogP contribution in [-0.4, -0.2) is 42.5 Å². The van der Waals surface area contributed by atoms with E-state index in [-0.39, 0.29) is 29.7 Å². The minimum absolute atomic E-state index is 0.00373. The molecule has 2 aliphatic rings. The van der Waals surface area contributed by atoms with Gasteiger partial charge in [-0.3, -0.25) is 9.59 Å². The van der Waals surface area contributed by atoms with Crippen LogP contribution in [-0.2, 0) is 14.3 Å². The maximum atomic E-state index is 12.6. The van der Waals surface area contributed by atoms with Crippen molar-refractivity contribution in [3.05, 3.63) is 11.6 Å². The molecule has 0 aromatic heterocycles. The summed E-state index contributed by atoms with van der Waals surface area (Å²) in [4.78, 5) is 25.5. The summed E-state index contributed by atoms with van der Waals surface area (Å²) in [6, 6.07) is 0. The summed E-state index contributed by atoms with van der Waals surface area (Å²) < 4.78 is 5.28. The van der Waals surface area contributed by atoms with Gasteiger partial charge >= 0.3 is 0 Å². The molecule has 0 unspecified atom stereocenters. The number of hydrogen-bond acceptors (Lipinski definition) is 3. The summed E-state index contributed by atoms with van der Waals surface area (Å²) in [5, 5.41) is 0. The number of carbonyl (C=O) groups excluding carboxylic acids is 2. The van der Waals surface area contributed by atoms with Crippen LogP contribution in [0.2, 0.25) is 0 Å². The van der Waals surface area contributed by atoms with Crippen LogP contribution in [0.1, 0.15) is 27.7 Å². The lowest BCUT2D eigenvalue weighted by Gasteiger charge is -2.31. The molecule has 1 saturated carbocycles. The molecule has 2 amide bonds. The molecule has 5 nitrogen and oxygen atoms in total. The van der Waals surface area contributed by atoms with E-state index in [9.17, 15) is 9.59 Å². The Kier molecular flexibility index (Phi) is 3.91. The second-order valence-electron chi connectivity index (χ2n) is 6.61. The maximum Gasteiger partial charge on any atom is 0.248 e. The quantitative estimate of drug-likeness (QED) is 0.782. The zero-order valence-electron chi connectivity index (χ0n) is 12.7. The molecule has 2 rings (SSSR count). The molecule has 5 heteroatoms. The van der Waals surface area contributed by atoms with Crippen LogP contribution in [0.4, 0.5) is 0 Å². The molecule has 0 spiro atoms. The summed E-state index contributed by atoms with van der Waals surface area (Å²) >= 11 is 0. The van der Waals surface area contributed by atoms with Crippen LogP contribution in [0.3, 0.4) is 0 Å². The van der Waals surface area contributed by atoms with E-state index < -0.39 is 12.0 Å². The first-order chi connectivity index (χ1) is 9.25. The minimum Gasteiger partial charge on any atom is -0.367 e. The summed E-state index contributed by atoms with van der Waals surface area (Å²) in [6.07, 6.45) is 1.51. The number of morpholine rings is 1. The third-order valence-electron chi connectivity index (χ3n) is 4.39. The number of nitrogens with zero attached hydrogens (tertiary/aromatic N) is 1. The average molecular weight is 280 g/mol. The first-order valence-electron chi connectivity index (χ1n) is 7.10. The number of amides is 2. The van der Waals surface area contributed by atoms with Crippen LogP contribution in [0.25, 0.3) is 0 Å². The van der Waals surface area contributed by atoms with Gasteiger partial charge in [-0.25, -0.2) is 0 Å². The van der Waals surface area contributed by atoms with E-state index in [2.05, 4.69) is 19.9 Å². The fourth-order valence-corrected chi connectivity index (χ4v) is 3.04. The lowest BCUT2D eigenvalue weighted by molar-refractivity contribution is -0.146. The molecule has 2 N–H and O–H groups in total. The van der Waals surface area contributed by atoms with Crippen molar-refractivity contribution in [2.75, 3.05) is 19.7 Å². The van der Waals surface area contributed by atoms with Gasteiger partial charge in [0.05, 0.1) is 19.1 Å². The number of rotatable bonds is 3. The van der Waals surface area contributed by atoms with Crippen molar-refractivity contribution >= 4 is 11.8 Å². The van der Waals surface area contributed by atoms with Crippen molar-refractivity contribution in [1.82, 2.24) is 4.90 Å². The second kappa shape index (κ2) is 5.20. The molecule has 0 bridgehead atoms. The lowest BCUT2D eigenvalue weighted by atomic mass is 10.1. The highest BCUT2D eigenvalue weighted by Crippen LogP contribution is 2.60. The second-order valence-corrected chi connectivity index (χ2v) is 6.61. The SMILES string of the molecule is CC(C)=C[C@@H]1[C@H](C(=O)N2CCO[C@H](C(N)=O)C2)C1(C)C. The summed E-state index contributed by atoms with van der Waals surface area (Å²) in [5.74, 6) is -0.0932. The van der Waals surface area contributed by atoms with Crippen molar-refractivity contribution < 1.29 is 14.3 Å². The maximum absolute atomic E-state index is 12.6. The van der Waals surface area contributed by atoms with Gasteiger partial charge in [0.1, 0.15) is 0 Å². The zero-order chi connectivity index (χ0) is 15.1. The molecule has 3 atom stereocenters. The molecule has 0 aromatic carbocycles. The predicted octanol–water partition coefficient (Wildman–Crippen LogP) is 0.937. The topological polar surface area (TPSA) is 72.6 Å². The van der Waals surface area contributed by atoms with Crippen molar-refractivity contribution in [2.24, 2.45) is 23.0 Å². The molecule has 20 heavy (non-hydrogen) atoms. The number of nitrogens with two attached hydrogens (primary N) is 1. The van der Waals surface area contributed by atoms with Gasteiger partial charge < -0.3 is 15.4 Å². The van der Waals surface area contributed by atoms with Gasteiger partial charge in [0, 0.05) is 6.54 Å². The van der Waals surface area contributed by atoms with E-state index in [1.165, 1.54) is 5.57 Å². The van der Waals surface area contributed by atoms with Gasteiger partial charge in [0.15, 0.2) is 6.10 Å². The number of hydrogen-bond donors (Lipinski definition) is 1. The van der Waals surface area contributed by atoms with Gasteiger partial charge in [-0.15, -0.1) is 0 Å². The number of primary amides is 1. The predicted molar refractivity (Wildman–Crippen MR) is 75.7 cm³/mol. The van der Waals surface area contributed by atoms with Gasteiger partial charge in [0.25, 0.3) is 0 Å². The molecule has 1 aliphatic carbocycles. The van der Waals surface area contributed by atoms with Crippen molar-refractivity contribution in [2.45, 2.75) is 33.8 Å². The Labute approximate surface area is 120 Å². The Bertz CT molecular complexity index is 452.